The van der Waals surface area contributed by atoms with Gasteiger partial charge in [-0.25, -0.2) is 35.2 Å². The predicted molar refractivity (Wildman–Crippen MR) is 384 cm³/mol. The number of benzene rings is 7. The van der Waals surface area contributed by atoms with Crippen LogP contribution in [0.4, 0.5) is 8.78 Å². The first kappa shape index (κ1) is 74.0. The van der Waals surface area contributed by atoms with E-state index in [2.05, 4.69) is 10.3 Å². The van der Waals surface area contributed by atoms with Crippen LogP contribution in [0.25, 0.3) is 44.3 Å². The van der Waals surface area contributed by atoms with Gasteiger partial charge in [0.15, 0.2) is 23.1 Å². The van der Waals surface area contributed by atoms with Gasteiger partial charge in [-0.05, 0) is 139 Å². The summed E-state index contributed by atoms with van der Waals surface area (Å²) in [5.41, 5.74) is 11.0. The molecule has 14 rings (SSSR count). The molecule has 26 heteroatoms. The second-order valence-corrected chi connectivity index (χ2v) is 27.1. The number of ether oxygens (including phenoxy) is 4. The Hall–Kier alpha value is -11.8. The zero-order chi connectivity index (χ0) is 74.9. The molecule has 544 valence electrons. The maximum atomic E-state index is 15.3. The minimum absolute atomic E-state index is 0.0504. The molecular formula is C80H74ClF2N9O14. The van der Waals surface area contributed by atoms with Crippen molar-refractivity contribution >= 4 is 74.8 Å². The first-order valence-electron chi connectivity index (χ1n) is 33.9. The lowest BCUT2D eigenvalue weighted by atomic mass is 9.91. The third kappa shape index (κ3) is 16.1. The van der Waals surface area contributed by atoms with Crippen LogP contribution in [0.2, 0.25) is 5.02 Å². The van der Waals surface area contributed by atoms with Gasteiger partial charge in [0, 0.05) is 77.6 Å². The van der Waals surface area contributed by atoms with Gasteiger partial charge in [-0.1, -0.05) is 115 Å². The molecule has 23 nitrogen and oxygen atoms in total. The van der Waals surface area contributed by atoms with Crippen LogP contribution in [0.3, 0.4) is 0 Å². The fourth-order valence-electron chi connectivity index (χ4n) is 13.9. The quantitative estimate of drug-likeness (QED) is 0.0188. The number of pyridine rings is 3. The number of rotatable bonds is 22. The molecule has 3 aromatic heterocycles. The second kappa shape index (κ2) is 32.1. The minimum atomic E-state index is -1.16. The number of hydrogen-bond donors (Lipinski definition) is 7. The molecule has 106 heavy (non-hydrogen) atoms. The number of piperazine rings is 1. The van der Waals surface area contributed by atoms with E-state index in [9.17, 15) is 38.8 Å². The zero-order valence-corrected chi connectivity index (χ0v) is 58.5. The maximum Gasteiger partial charge on any atom is 0.317 e. The topological polar surface area (TPSA) is 310 Å². The molecule has 6 atom stereocenters. The van der Waals surface area contributed by atoms with Crippen LogP contribution >= 0.6 is 11.6 Å². The number of fused-ring (bicyclic) bond motifs is 2. The van der Waals surface area contributed by atoms with Crippen molar-refractivity contribution in [3.8, 4) is 39.8 Å². The van der Waals surface area contributed by atoms with Gasteiger partial charge >= 0.3 is 5.97 Å². The average Bonchev–Trinajstić information content (AvgIpc) is 1.57. The molecule has 3 aliphatic carbocycles. The number of nitrogens with zero attached hydrogens (tertiary/aromatic N) is 5. The van der Waals surface area contributed by atoms with Crippen LogP contribution in [-0.2, 0) is 76.4 Å². The molecule has 10 aromatic rings. The second-order valence-electron chi connectivity index (χ2n) is 26.6. The number of amides is 6. The molecule has 6 amide bonds. The summed E-state index contributed by atoms with van der Waals surface area (Å²) < 4.78 is 53.0. The summed E-state index contributed by atoms with van der Waals surface area (Å²) in [4.78, 5) is 103. The first-order valence-corrected chi connectivity index (χ1v) is 34.3. The maximum absolute atomic E-state index is 15.3. The fraction of sp³-hybridized carbons (Fsp3) is 0.250. The highest BCUT2D eigenvalue weighted by Gasteiger charge is 2.67. The van der Waals surface area contributed by atoms with Crippen LogP contribution in [0.1, 0.15) is 52.6 Å². The van der Waals surface area contributed by atoms with Crippen LogP contribution in [0.15, 0.2) is 200 Å². The first-order chi connectivity index (χ1) is 51.2. The zero-order valence-electron chi connectivity index (χ0n) is 57.8. The molecule has 4 heterocycles. The Labute approximate surface area is 612 Å². The van der Waals surface area contributed by atoms with Gasteiger partial charge in [-0.2, -0.15) is 0 Å². The number of para-hydroxylation sites is 2. The van der Waals surface area contributed by atoms with Crippen LogP contribution in [0, 0.1) is 40.2 Å². The van der Waals surface area contributed by atoms with E-state index >= 15 is 8.78 Å². The van der Waals surface area contributed by atoms with Gasteiger partial charge in [-0.3, -0.25) is 54.2 Å². The summed E-state index contributed by atoms with van der Waals surface area (Å²) in [5, 5.41) is 32.2. The molecule has 1 aliphatic heterocycles. The highest BCUT2D eigenvalue weighted by atomic mass is 35.5. The lowest BCUT2D eigenvalue weighted by Crippen LogP contribution is -2.53. The molecular weight excluding hydrogens is 1380 g/mol. The SMILES string of the molecule is CN(C)C(=O)[C@@]1(Cc2ccc(OCc3cc(-c4ccncc4)nc4ccccc34)c(F)c2)C[C@@H]1C(=O)NO.COC(=O)[C@]1(c2cccc(OCc3ccc(Cl)cc3)c2)C[C@H]1C(=O)NO.O=C1CN(C(=O)[C@@]2(Cc3ccc(OCc4cc(-c5ccccc5)nc5ccccc45)c(F)c3)C[C@@H]2C(=O)NO)CCN1. The molecule has 0 unspecified atom stereocenters. The number of aromatic nitrogens is 3. The number of esters is 1. The molecule has 7 N–H and O–H groups in total. The van der Waals surface area contributed by atoms with Gasteiger partial charge in [-0.15, -0.1) is 0 Å². The van der Waals surface area contributed by atoms with Gasteiger partial charge in [0.1, 0.15) is 31.0 Å². The van der Waals surface area contributed by atoms with E-state index in [-0.39, 0.29) is 81.1 Å². The third-order valence-electron chi connectivity index (χ3n) is 19.6. The van der Waals surface area contributed by atoms with Gasteiger partial charge in [0.25, 0.3) is 0 Å². The van der Waals surface area contributed by atoms with E-state index in [1.165, 1.54) is 41.2 Å². The number of carbonyl (C=O) groups is 7. The highest BCUT2D eigenvalue weighted by Crippen LogP contribution is 2.58. The smallest absolute Gasteiger partial charge is 0.317 e. The minimum Gasteiger partial charge on any atom is -0.489 e. The lowest BCUT2D eigenvalue weighted by molar-refractivity contribution is -0.146. The van der Waals surface area contributed by atoms with Gasteiger partial charge in [0.2, 0.25) is 35.4 Å². The number of methoxy groups -OCH3 is 1. The molecule has 4 aliphatic rings. The Morgan fingerprint density at radius 1 is 0.585 bits per heavy atom. The summed E-state index contributed by atoms with van der Waals surface area (Å²) >= 11 is 5.87. The van der Waals surface area contributed by atoms with E-state index in [1.807, 2.05) is 115 Å². The number of hydrogen-bond acceptors (Lipinski definition) is 17. The number of nitrogens with one attached hydrogen (secondary N) is 4. The van der Waals surface area contributed by atoms with Crippen LogP contribution < -0.4 is 36.0 Å². The van der Waals surface area contributed by atoms with Crippen molar-refractivity contribution in [1.29, 1.82) is 0 Å². The average molecular weight is 1460 g/mol. The van der Waals surface area contributed by atoms with Crippen molar-refractivity contribution < 1.29 is 76.9 Å². The van der Waals surface area contributed by atoms with Crippen molar-refractivity contribution in [2.45, 2.75) is 57.3 Å². The summed E-state index contributed by atoms with van der Waals surface area (Å²) in [6, 6.07) is 56.2. The summed E-state index contributed by atoms with van der Waals surface area (Å²) in [5.74, 6) is -5.88. The van der Waals surface area contributed by atoms with E-state index in [1.54, 1.807) is 91.5 Å². The monoisotopic (exact) mass is 1460 g/mol. The standard InChI is InChI=1S/C32H29FN4O5.C29H27FN4O4.C19H18ClNO5/c33-25-14-20(16-32(17-24(32)30(39)36-41)31(40)37-13-12-34-29(38)18-37)10-11-28(25)42-19-22-15-27(21-6-2-1-3-7-21)35-26-9-5-4-8-23(22)26;1-34(2)28(36)29(16-22(29)27(35)33-37)15-18-7-8-26(23(30)13-18)38-17-20-14-25(19-9-11-31-12-10-19)32-24-6-4-3-5-21(20)24;1-25-18(23)19(10-16(19)17(22)21-24)13-3-2-4-15(9-13)26-11-12-5-7-14(20)8-6-12/h1-11,14-15,24,41H,12-13,16-19H2,(H,34,38)(H,36,39);3-14,22,37H,15-17H2,1-2H3,(H,33,35);2-9,16,24H,10-11H2,1H3,(H,21,22)/t24-,32+;22-,29+;16-,19-/m110/s1. The Morgan fingerprint density at radius 3 is 1.65 bits per heavy atom. The largest absolute Gasteiger partial charge is 0.489 e. The van der Waals surface area contributed by atoms with Crippen molar-refractivity contribution in [3.05, 3.63) is 250 Å². The fourth-order valence-corrected chi connectivity index (χ4v) is 14.0. The number of hydroxylamine groups is 3. The normalized spacial score (nSPS) is 19.5. The van der Waals surface area contributed by atoms with E-state index < -0.39 is 69.3 Å². The van der Waals surface area contributed by atoms with E-state index in [4.69, 9.17) is 50.9 Å². The Morgan fingerprint density at radius 2 is 1.10 bits per heavy atom. The van der Waals surface area contributed by atoms with Crippen molar-refractivity contribution in [2.24, 2.45) is 28.6 Å². The van der Waals surface area contributed by atoms with Gasteiger partial charge < -0.3 is 34.1 Å². The summed E-state index contributed by atoms with van der Waals surface area (Å²) in [6.07, 6.45) is 4.40. The lowest BCUT2D eigenvalue weighted by Gasteiger charge is -2.31. The molecule has 1 saturated heterocycles. The van der Waals surface area contributed by atoms with Crippen molar-refractivity contribution in [2.75, 3.05) is 40.8 Å². The Kier molecular flexibility index (Phi) is 22.4. The Bertz CT molecular complexity index is 4970. The molecule has 3 saturated carbocycles. The molecule has 7 aromatic carbocycles. The summed E-state index contributed by atoms with van der Waals surface area (Å²) in [6.45, 7) is 1.10. The molecule has 0 spiro atoms. The van der Waals surface area contributed by atoms with Gasteiger partial charge in [0.05, 0.1) is 64.7 Å². The number of halogens is 3. The molecule has 0 bridgehead atoms. The van der Waals surface area contributed by atoms with E-state index in [0.29, 0.717) is 47.2 Å². The summed E-state index contributed by atoms with van der Waals surface area (Å²) in [7, 11) is 4.49. The Balaban J connectivity index is 0.000000153. The number of carbonyl (C=O) groups excluding carboxylic acids is 7. The highest BCUT2D eigenvalue weighted by molar-refractivity contribution is 6.30. The predicted octanol–water partition coefficient (Wildman–Crippen LogP) is 10.6. The van der Waals surface area contributed by atoms with Crippen molar-refractivity contribution in [3.63, 3.8) is 0 Å². The van der Waals surface area contributed by atoms with Crippen molar-refractivity contribution in [1.82, 2.24) is 46.5 Å². The molecule has 0 radical (unpaired) electrons. The van der Waals surface area contributed by atoms with Crippen LogP contribution in [-0.4, -0.2) is 123 Å². The third-order valence-corrected chi connectivity index (χ3v) is 19.9. The van der Waals surface area contributed by atoms with Crippen LogP contribution in [0.5, 0.6) is 17.2 Å². The van der Waals surface area contributed by atoms with E-state index in [0.717, 1.165) is 61.0 Å². The molecule has 4 fully saturated rings.